The van der Waals surface area contributed by atoms with Gasteiger partial charge in [-0.25, -0.2) is 19.9 Å². The Morgan fingerprint density at radius 2 is 1.92 bits per heavy atom. The second kappa shape index (κ2) is 10.4. The van der Waals surface area contributed by atoms with Gasteiger partial charge in [-0.1, -0.05) is 11.6 Å². The number of aromatic nitrogens is 4. The summed E-state index contributed by atoms with van der Waals surface area (Å²) in [6, 6.07) is -0.0107. The van der Waals surface area contributed by atoms with Crippen LogP contribution in [0.3, 0.4) is 0 Å². The van der Waals surface area contributed by atoms with E-state index in [-0.39, 0.29) is 41.2 Å². The lowest BCUT2D eigenvalue weighted by atomic mass is 10.1. The molecule has 0 saturated carbocycles. The Kier molecular flexibility index (Phi) is 7.38. The number of alkyl halides is 3. The zero-order valence-electron chi connectivity index (χ0n) is 19.2. The number of fused-ring (bicyclic) bond motifs is 1. The fraction of sp³-hybridized carbons (Fsp3) is 0.286. The van der Waals surface area contributed by atoms with Gasteiger partial charge in [-0.05, 0) is 20.0 Å². The van der Waals surface area contributed by atoms with Crippen molar-refractivity contribution in [1.82, 2.24) is 30.2 Å². The van der Waals surface area contributed by atoms with Crippen molar-refractivity contribution in [1.29, 1.82) is 0 Å². The van der Waals surface area contributed by atoms with Crippen LogP contribution in [0, 0.1) is 0 Å². The molecule has 3 amide bonds. The molecule has 0 spiro atoms. The molecule has 1 unspecified atom stereocenters. The van der Waals surface area contributed by atoms with Gasteiger partial charge in [0.05, 0.1) is 29.4 Å². The van der Waals surface area contributed by atoms with Gasteiger partial charge in [0.25, 0.3) is 11.8 Å². The second-order valence-electron chi connectivity index (χ2n) is 8.03. The molecule has 16 heteroatoms. The highest BCUT2D eigenvalue weighted by Gasteiger charge is 2.34. The highest BCUT2D eigenvalue weighted by Crippen LogP contribution is 2.35. The van der Waals surface area contributed by atoms with Crippen LogP contribution >= 0.6 is 22.9 Å². The molecular weight excluding hydrogens is 537 g/mol. The molecule has 3 N–H and O–H groups in total. The Hall–Kier alpha value is -3.69. The van der Waals surface area contributed by atoms with Crippen LogP contribution in [-0.4, -0.2) is 56.1 Å². The molecule has 4 heterocycles. The number of thiazole rings is 1. The summed E-state index contributed by atoms with van der Waals surface area (Å²) in [5.74, 6) is -1.62. The van der Waals surface area contributed by atoms with E-state index in [0.717, 1.165) is 17.5 Å². The van der Waals surface area contributed by atoms with Crippen LogP contribution in [0.1, 0.15) is 49.3 Å². The number of carbonyl (C=O) groups is 3. The summed E-state index contributed by atoms with van der Waals surface area (Å²) in [7, 11) is 1.72. The van der Waals surface area contributed by atoms with Gasteiger partial charge in [-0.3, -0.25) is 19.3 Å². The number of amides is 3. The van der Waals surface area contributed by atoms with E-state index in [9.17, 15) is 27.6 Å². The number of nitrogens with one attached hydrogen (secondary N) is 3. The van der Waals surface area contributed by atoms with Gasteiger partial charge in [0.15, 0.2) is 0 Å². The van der Waals surface area contributed by atoms with E-state index in [1.807, 2.05) is 0 Å². The van der Waals surface area contributed by atoms with Gasteiger partial charge in [-0.15, -0.1) is 11.3 Å². The summed E-state index contributed by atoms with van der Waals surface area (Å²) < 4.78 is 39.2. The van der Waals surface area contributed by atoms with Crippen LogP contribution in [-0.2, 0) is 17.5 Å². The summed E-state index contributed by atoms with van der Waals surface area (Å²) in [5, 5.41) is 7.44. The Balaban J connectivity index is 1.46. The Labute approximate surface area is 216 Å². The zero-order chi connectivity index (χ0) is 26.9. The molecule has 1 aliphatic rings. The molecule has 11 nitrogen and oxygen atoms in total. The van der Waals surface area contributed by atoms with E-state index in [1.165, 1.54) is 12.5 Å². The molecule has 194 valence electrons. The molecule has 4 rings (SSSR count). The fourth-order valence-corrected chi connectivity index (χ4v) is 4.46. The number of hydrogen-bond acceptors (Lipinski definition) is 9. The van der Waals surface area contributed by atoms with Gasteiger partial charge < -0.3 is 16.0 Å². The number of hydrogen-bond donors (Lipinski definition) is 3. The first-order valence-corrected chi connectivity index (χ1v) is 11.7. The van der Waals surface area contributed by atoms with Crippen LogP contribution in [0.5, 0.6) is 0 Å². The lowest BCUT2D eigenvalue weighted by Crippen LogP contribution is -2.29. The summed E-state index contributed by atoms with van der Waals surface area (Å²) >= 11 is 6.49. The van der Waals surface area contributed by atoms with Gasteiger partial charge in [-0.2, -0.15) is 13.2 Å². The number of rotatable bonds is 5. The lowest BCUT2D eigenvalue weighted by molar-refractivity contribution is -0.137. The van der Waals surface area contributed by atoms with Gasteiger partial charge in [0.2, 0.25) is 5.91 Å². The normalized spacial score (nSPS) is 14.8. The minimum Gasteiger partial charge on any atom is -0.342 e. The number of carbonyl (C=O) groups excluding carboxylic acids is 3. The lowest BCUT2D eigenvalue weighted by Gasteiger charge is -2.16. The molecule has 0 aromatic carbocycles. The third kappa shape index (κ3) is 6.00. The van der Waals surface area contributed by atoms with E-state index in [4.69, 9.17) is 11.6 Å². The maximum Gasteiger partial charge on any atom is 0.418 e. The van der Waals surface area contributed by atoms with Crippen molar-refractivity contribution >= 4 is 52.3 Å². The highest BCUT2D eigenvalue weighted by molar-refractivity contribution is 7.13. The minimum absolute atomic E-state index is 0.0784. The van der Waals surface area contributed by atoms with Crippen molar-refractivity contribution in [2.75, 3.05) is 24.2 Å². The van der Waals surface area contributed by atoms with Gasteiger partial charge >= 0.3 is 6.18 Å². The molecule has 0 radical (unpaired) electrons. The smallest absolute Gasteiger partial charge is 0.342 e. The van der Waals surface area contributed by atoms with Gasteiger partial charge in [0, 0.05) is 18.3 Å². The molecule has 0 fully saturated rings. The molecule has 1 atom stereocenters. The molecule has 1 aliphatic heterocycles. The molecule has 0 saturated heterocycles. The van der Waals surface area contributed by atoms with Gasteiger partial charge in [0.1, 0.15) is 33.5 Å². The predicted octanol–water partition coefficient (Wildman–Crippen LogP) is 3.13. The monoisotopic (exact) mass is 554 g/mol. The molecule has 37 heavy (non-hydrogen) atoms. The zero-order valence-corrected chi connectivity index (χ0v) is 20.8. The van der Waals surface area contributed by atoms with Crippen LogP contribution in [0.25, 0.3) is 0 Å². The summed E-state index contributed by atoms with van der Waals surface area (Å²) in [6.07, 6.45) is -1.51. The largest absolute Gasteiger partial charge is 0.418 e. The second-order valence-corrected chi connectivity index (χ2v) is 9.50. The van der Waals surface area contributed by atoms with E-state index < -0.39 is 34.6 Å². The van der Waals surface area contributed by atoms with E-state index in [0.29, 0.717) is 16.6 Å². The number of nitrogens with zero attached hydrogens (tertiary/aromatic N) is 5. The third-order valence-corrected chi connectivity index (χ3v) is 6.61. The number of halogens is 4. The van der Waals surface area contributed by atoms with Crippen molar-refractivity contribution in [3.05, 3.63) is 56.5 Å². The van der Waals surface area contributed by atoms with E-state index >= 15 is 0 Å². The van der Waals surface area contributed by atoms with Crippen molar-refractivity contribution in [2.45, 2.75) is 25.7 Å². The molecule has 3 aromatic rings. The summed E-state index contributed by atoms with van der Waals surface area (Å²) in [4.78, 5) is 55.2. The molecular formula is C21H18ClF3N8O3S. The average molecular weight is 555 g/mol. The number of pyridine rings is 1. The number of likely N-dealkylation sites (N-methyl/N-ethyl adjacent to an activating group) is 1. The molecule has 3 aromatic heterocycles. The van der Waals surface area contributed by atoms with Crippen molar-refractivity contribution in [3.8, 4) is 0 Å². The van der Waals surface area contributed by atoms with E-state index in [1.54, 1.807) is 18.9 Å². The fourth-order valence-electron chi connectivity index (χ4n) is 3.43. The first-order chi connectivity index (χ1) is 17.4. The Morgan fingerprint density at radius 1 is 1.16 bits per heavy atom. The van der Waals surface area contributed by atoms with Crippen molar-refractivity contribution in [3.63, 3.8) is 0 Å². The van der Waals surface area contributed by atoms with Crippen LogP contribution in [0.15, 0.2) is 24.8 Å². The first kappa shape index (κ1) is 26.4. The first-order valence-electron chi connectivity index (χ1n) is 10.5. The van der Waals surface area contributed by atoms with Crippen LogP contribution in [0.2, 0.25) is 5.02 Å². The summed E-state index contributed by atoms with van der Waals surface area (Å²) in [6.45, 7) is 2.03. The Morgan fingerprint density at radius 3 is 2.65 bits per heavy atom. The SMILES string of the molecule is CC(NC(=O)c1ncnc2c1CN(C)CC(=O)N2)c1ncc(C(=O)Nc2cc(C(F)(F)F)c(Cl)cn2)s1. The quantitative estimate of drug-likeness (QED) is 0.437. The standard InChI is InChI=1S/C21H18ClF3N8O3S/c1-9(30-19(36)16-10-6-33(2)7-15(34)32-17(10)29-8-28-16)20-27-5-13(37-20)18(35)31-14-3-11(21(23,24)25)12(22)4-26-14/h3-5,8-9H,6-7H2,1-2H3,(H,30,36)(H,26,31,35)(H,28,29,32,34). The molecule has 0 aliphatic carbocycles. The van der Waals surface area contributed by atoms with Crippen LogP contribution < -0.4 is 16.0 Å². The third-order valence-electron chi connectivity index (χ3n) is 5.13. The summed E-state index contributed by atoms with van der Waals surface area (Å²) in [5.41, 5.74) is -0.600. The topological polar surface area (TPSA) is 142 Å². The average Bonchev–Trinajstić information content (AvgIpc) is 3.25. The maximum atomic E-state index is 13.1. The van der Waals surface area contributed by atoms with Crippen molar-refractivity contribution in [2.24, 2.45) is 0 Å². The predicted molar refractivity (Wildman–Crippen MR) is 127 cm³/mol. The van der Waals surface area contributed by atoms with E-state index in [2.05, 4.69) is 35.9 Å². The highest BCUT2D eigenvalue weighted by atomic mass is 35.5. The molecule has 0 bridgehead atoms. The Bertz CT molecular complexity index is 1380. The van der Waals surface area contributed by atoms with Crippen LogP contribution in [0.4, 0.5) is 24.8 Å². The number of anilines is 2. The minimum atomic E-state index is -4.71. The van der Waals surface area contributed by atoms with Crippen molar-refractivity contribution < 1.29 is 27.6 Å². The maximum absolute atomic E-state index is 13.1.